The summed E-state index contributed by atoms with van der Waals surface area (Å²) in [5.41, 5.74) is 2.86. The molecule has 1 unspecified atom stereocenters. The van der Waals surface area contributed by atoms with Gasteiger partial charge in [0.2, 0.25) is 0 Å². The van der Waals surface area contributed by atoms with Gasteiger partial charge in [-0.2, -0.15) is 5.10 Å². The first-order valence-corrected chi connectivity index (χ1v) is 8.72. The van der Waals surface area contributed by atoms with Crippen LogP contribution in [0.2, 0.25) is 0 Å². The topological polar surface area (TPSA) is 86.3 Å². The van der Waals surface area contributed by atoms with Crippen molar-refractivity contribution in [2.45, 2.75) is 31.2 Å². The van der Waals surface area contributed by atoms with Crippen LogP contribution in [0.3, 0.4) is 0 Å². The van der Waals surface area contributed by atoms with Gasteiger partial charge in [0.05, 0.1) is 10.2 Å². The van der Waals surface area contributed by atoms with Crippen LogP contribution in [0.5, 0.6) is 0 Å². The molecule has 1 saturated carbocycles. The number of aromatic nitrogens is 2. The van der Waals surface area contributed by atoms with E-state index in [1.54, 1.807) is 12.1 Å². The molecule has 2 aliphatic rings. The molecule has 0 spiro atoms. The van der Waals surface area contributed by atoms with Gasteiger partial charge < -0.3 is 10.0 Å². The minimum atomic E-state index is -1.02. The van der Waals surface area contributed by atoms with Crippen molar-refractivity contribution in [3.63, 3.8) is 0 Å². The number of halogens is 1. The summed E-state index contributed by atoms with van der Waals surface area (Å²) in [4.78, 5) is 26.2. The second-order valence-corrected chi connectivity index (χ2v) is 7.06. The average Bonchev–Trinajstić information content (AvgIpc) is 3.35. The van der Waals surface area contributed by atoms with Crippen molar-refractivity contribution in [3.05, 3.63) is 51.3 Å². The zero-order chi connectivity index (χ0) is 16.8. The number of benzene rings is 1. The molecule has 1 aliphatic heterocycles. The van der Waals surface area contributed by atoms with Crippen molar-refractivity contribution in [2.75, 3.05) is 6.54 Å². The van der Waals surface area contributed by atoms with Crippen LogP contribution in [0.4, 0.5) is 0 Å². The molecule has 1 fully saturated rings. The van der Waals surface area contributed by atoms with E-state index < -0.39 is 12.0 Å². The first-order chi connectivity index (χ1) is 11.6. The van der Waals surface area contributed by atoms with Crippen LogP contribution in [0.15, 0.2) is 28.7 Å². The Labute approximate surface area is 147 Å². The zero-order valence-electron chi connectivity index (χ0n) is 12.8. The van der Waals surface area contributed by atoms with Crippen LogP contribution in [0.25, 0.3) is 0 Å². The minimum Gasteiger partial charge on any atom is -0.479 e. The summed E-state index contributed by atoms with van der Waals surface area (Å²) in [6, 6.07) is 6.42. The number of H-pyrrole nitrogens is 1. The lowest BCUT2D eigenvalue weighted by molar-refractivity contribution is -0.143. The molecule has 1 aromatic heterocycles. The molecule has 2 N–H and O–H groups in total. The van der Waals surface area contributed by atoms with E-state index in [1.807, 2.05) is 12.1 Å². The van der Waals surface area contributed by atoms with Gasteiger partial charge >= 0.3 is 5.97 Å². The number of hydrogen-bond acceptors (Lipinski definition) is 3. The first-order valence-electron chi connectivity index (χ1n) is 7.93. The fraction of sp³-hybridized carbons (Fsp3) is 0.353. The van der Waals surface area contributed by atoms with E-state index in [-0.39, 0.29) is 11.6 Å². The summed E-state index contributed by atoms with van der Waals surface area (Å²) < 4.78 is 0.665. The maximum atomic E-state index is 13.0. The molecule has 2 heterocycles. The number of fused-ring (bicyclic) bond motifs is 1. The number of nitrogens with one attached hydrogen (secondary N) is 1. The molecule has 4 rings (SSSR count). The third-order valence-corrected chi connectivity index (χ3v) is 5.50. The van der Waals surface area contributed by atoms with Gasteiger partial charge in [-0.25, -0.2) is 4.79 Å². The maximum Gasteiger partial charge on any atom is 0.331 e. The van der Waals surface area contributed by atoms with Gasteiger partial charge in [-0.05, 0) is 46.3 Å². The molecular weight excluding hydrogens is 374 g/mol. The number of aliphatic carboxylic acids is 1. The zero-order valence-corrected chi connectivity index (χ0v) is 14.4. The Morgan fingerprint density at radius 1 is 1.29 bits per heavy atom. The van der Waals surface area contributed by atoms with E-state index in [2.05, 4.69) is 26.1 Å². The fourth-order valence-electron chi connectivity index (χ4n) is 3.31. The highest BCUT2D eigenvalue weighted by molar-refractivity contribution is 9.10. The summed E-state index contributed by atoms with van der Waals surface area (Å²) in [5, 5.41) is 16.8. The van der Waals surface area contributed by atoms with Crippen LogP contribution in [-0.4, -0.2) is 38.6 Å². The number of carboxylic acids is 1. The summed E-state index contributed by atoms with van der Waals surface area (Å²) in [7, 11) is 0. The second kappa shape index (κ2) is 5.73. The molecule has 1 atom stereocenters. The van der Waals surface area contributed by atoms with E-state index in [1.165, 1.54) is 4.90 Å². The molecule has 1 amide bonds. The van der Waals surface area contributed by atoms with Gasteiger partial charge in [0, 0.05) is 12.5 Å². The van der Waals surface area contributed by atoms with Crippen molar-refractivity contribution >= 4 is 27.8 Å². The van der Waals surface area contributed by atoms with Gasteiger partial charge in [0.25, 0.3) is 5.91 Å². The average molecular weight is 390 g/mol. The van der Waals surface area contributed by atoms with Crippen LogP contribution in [0, 0.1) is 0 Å². The van der Waals surface area contributed by atoms with E-state index in [4.69, 9.17) is 0 Å². The predicted octanol–water partition coefficient (Wildman–Crippen LogP) is 2.87. The highest BCUT2D eigenvalue weighted by atomic mass is 79.9. The SMILES string of the molecule is O=C(O)C1c2ccccc2CCN1C(=O)c1n[nH]c(C2CC2)c1Br. The molecule has 6 nitrogen and oxygen atoms in total. The number of aromatic amines is 1. The standard InChI is InChI=1S/C17H16BrN3O3/c18-12-13(10-5-6-10)19-20-14(12)16(22)21-8-7-9-3-1-2-4-11(9)15(21)17(23)24/h1-4,10,15H,5-8H2,(H,19,20)(H,23,24). The first kappa shape index (κ1) is 15.4. The highest BCUT2D eigenvalue weighted by Crippen LogP contribution is 2.43. The predicted molar refractivity (Wildman–Crippen MR) is 89.8 cm³/mol. The smallest absolute Gasteiger partial charge is 0.331 e. The Kier molecular flexibility index (Phi) is 3.68. The highest BCUT2D eigenvalue weighted by Gasteiger charge is 2.39. The van der Waals surface area contributed by atoms with Gasteiger partial charge in [0.1, 0.15) is 0 Å². The number of carboxylic acid groups (broad SMARTS) is 1. The van der Waals surface area contributed by atoms with Crippen molar-refractivity contribution in [1.82, 2.24) is 15.1 Å². The van der Waals surface area contributed by atoms with Crippen molar-refractivity contribution in [3.8, 4) is 0 Å². The normalized spacial score (nSPS) is 19.9. The molecular formula is C17H16BrN3O3. The Hall–Kier alpha value is -2.15. The van der Waals surface area contributed by atoms with Crippen LogP contribution < -0.4 is 0 Å². The Bertz CT molecular complexity index is 828. The van der Waals surface area contributed by atoms with Crippen molar-refractivity contribution < 1.29 is 14.7 Å². The molecule has 7 heteroatoms. The van der Waals surface area contributed by atoms with Gasteiger partial charge in [-0.3, -0.25) is 9.89 Å². The summed E-state index contributed by atoms with van der Waals surface area (Å²) >= 11 is 3.46. The lowest BCUT2D eigenvalue weighted by atomic mass is 9.92. The number of rotatable bonds is 3. The third kappa shape index (κ3) is 2.43. The van der Waals surface area contributed by atoms with E-state index in [9.17, 15) is 14.7 Å². The second-order valence-electron chi connectivity index (χ2n) is 6.26. The lowest BCUT2D eigenvalue weighted by Crippen LogP contribution is -2.43. The van der Waals surface area contributed by atoms with E-state index in [0.29, 0.717) is 28.9 Å². The van der Waals surface area contributed by atoms with Crippen LogP contribution >= 0.6 is 15.9 Å². The third-order valence-electron chi connectivity index (χ3n) is 4.70. The van der Waals surface area contributed by atoms with Gasteiger partial charge in [0.15, 0.2) is 11.7 Å². The number of nitrogens with zero attached hydrogens (tertiary/aromatic N) is 2. The number of hydrogen-bond donors (Lipinski definition) is 2. The Balaban J connectivity index is 1.70. The monoisotopic (exact) mass is 389 g/mol. The molecule has 0 bridgehead atoms. The largest absolute Gasteiger partial charge is 0.479 e. The summed E-state index contributed by atoms with van der Waals surface area (Å²) in [5.74, 6) is -0.956. The molecule has 124 valence electrons. The summed E-state index contributed by atoms with van der Waals surface area (Å²) in [6.45, 7) is 0.366. The number of carbonyl (C=O) groups is 2. The molecule has 24 heavy (non-hydrogen) atoms. The Morgan fingerprint density at radius 3 is 2.75 bits per heavy atom. The molecule has 0 radical (unpaired) electrons. The molecule has 0 saturated heterocycles. The number of amides is 1. The fourth-order valence-corrected chi connectivity index (χ4v) is 3.98. The number of carbonyl (C=O) groups excluding carboxylic acids is 1. The van der Waals surface area contributed by atoms with E-state index >= 15 is 0 Å². The molecule has 2 aromatic rings. The maximum absolute atomic E-state index is 13.0. The van der Waals surface area contributed by atoms with Gasteiger partial charge in [-0.1, -0.05) is 24.3 Å². The minimum absolute atomic E-state index is 0.266. The van der Waals surface area contributed by atoms with E-state index in [0.717, 1.165) is 24.1 Å². The van der Waals surface area contributed by atoms with Crippen LogP contribution in [-0.2, 0) is 11.2 Å². The quantitative estimate of drug-likeness (QED) is 0.844. The molecule has 1 aliphatic carbocycles. The molecule has 1 aromatic carbocycles. The summed E-state index contributed by atoms with van der Waals surface area (Å²) in [6.07, 6.45) is 2.82. The lowest BCUT2D eigenvalue weighted by Gasteiger charge is -2.34. The van der Waals surface area contributed by atoms with Gasteiger partial charge in [-0.15, -0.1) is 0 Å². The Morgan fingerprint density at radius 2 is 2.04 bits per heavy atom. The van der Waals surface area contributed by atoms with Crippen molar-refractivity contribution in [2.24, 2.45) is 0 Å². The van der Waals surface area contributed by atoms with Crippen molar-refractivity contribution in [1.29, 1.82) is 0 Å². The van der Waals surface area contributed by atoms with Crippen LogP contribution in [0.1, 0.15) is 52.1 Å².